The Kier molecular flexibility index (Phi) is 4.37. The molecule has 0 fully saturated rings. The van der Waals surface area contributed by atoms with Crippen LogP contribution in [0.2, 0.25) is 0 Å². The van der Waals surface area contributed by atoms with E-state index in [1.807, 2.05) is 18.2 Å². The Bertz CT molecular complexity index is 863. The number of hydrogen-bond donors (Lipinski definition) is 1. The molecule has 0 saturated heterocycles. The Labute approximate surface area is 138 Å². The molecule has 1 amide bonds. The first-order valence-corrected chi connectivity index (χ1v) is 7.54. The van der Waals surface area contributed by atoms with Crippen molar-refractivity contribution in [2.45, 2.75) is 19.9 Å². The first kappa shape index (κ1) is 15.9. The number of furan rings is 2. The predicted molar refractivity (Wildman–Crippen MR) is 86.5 cm³/mol. The third-order valence-electron chi connectivity index (χ3n) is 3.71. The summed E-state index contributed by atoms with van der Waals surface area (Å²) in [6.07, 6.45) is 1.53. The van der Waals surface area contributed by atoms with Gasteiger partial charge in [0.2, 0.25) is 5.76 Å². The van der Waals surface area contributed by atoms with Crippen LogP contribution in [0, 0.1) is 6.92 Å². The van der Waals surface area contributed by atoms with Crippen LogP contribution in [0.25, 0.3) is 11.0 Å². The third-order valence-corrected chi connectivity index (χ3v) is 3.71. The number of ether oxygens (including phenoxy) is 1. The fourth-order valence-corrected chi connectivity index (χ4v) is 2.46. The molecule has 0 saturated carbocycles. The Balaban J connectivity index is 1.60. The quantitative estimate of drug-likeness (QED) is 0.727. The highest BCUT2D eigenvalue weighted by atomic mass is 16.5. The number of rotatable bonds is 5. The standard InChI is InChI=1S/C18H17NO5/c1-11-13-6-3-4-7-15(13)24-17(11)18(21)23-10-16(20)19-12(2)14-8-5-9-22-14/h3-9,12H,10H2,1-2H3,(H,19,20)/t12-/m1/s1. The van der Waals surface area contributed by atoms with Gasteiger partial charge in [0.1, 0.15) is 11.3 Å². The van der Waals surface area contributed by atoms with Gasteiger partial charge in [-0.25, -0.2) is 4.79 Å². The summed E-state index contributed by atoms with van der Waals surface area (Å²) in [6, 6.07) is 10.5. The molecular formula is C18H17NO5. The van der Waals surface area contributed by atoms with Crippen LogP contribution in [-0.4, -0.2) is 18.5 Å². The van der Waals surface area contributed by atoms with E-state index >= 15 is 0 Å². The number of carbonyl (C=O) groups is 2. The number of para-hydroxylation sites is 1. The van der Waals surface area contributed by atoms with E-state index in [0.717, 1.165) is 5.39 Å². The lowest BCUT2D eigenvalue weighted by Crippen LogP contribution is -2.31. The van der Waals surface area contributed by atoms with Gasteiger partial charge in [-0.2, -0.15) is 0 Å². The zero-order valence-corrected chi connectivity index (χ0v) is 13.4. The average molecular weight is 327 g/mol. The van der Waals surface area contributed by atoms with E-state index in [4.69, 9.17) is 13.6 Å². The Morgan fingerprint density at radius 2 is 2.00 bits per heavy atom. The van der Waals surface area contributed by atoms with Crippen LogP contribution in [0.4, 0.5) is 0 Å². The Hall–Kier alpha value is -3.02. The number of aryl methyl sites for hydroxylation is 1. The van der Waals surface area contributed by atoms with Crippen molar-refractivity contribution in [3.05, 3.63) is 59.7 Å². The van der Waals surface area contributed by atoms with Crippen molar-refractivity contribution >= 4 is 22.8 Å². The number of nitrogens with one attached hydrogen (secondary N) is 1. The number of fused-ring (bicyclic) bond motifs is 1. The number of esters is 1. The van der Waals surface area contributed by atoms with Crippen LogP contribution in [0.15, 0.2) is 51.5 Å². The smallest absolute Gasteiger partial charge is 0.375 e. The highest BCUT2D eigenvalue weighted by Gasteiger charge is 2.20. The van der Waals surface area contributed by atoms with Gasteiger partial charge in [0.05, 0.1) is 12.3 Å². The largest absolute Gasteiger partial charge is 0.467 e. The zero-order chi connectivity index (χ0) is 17.1. The molecule has 6 nitrogen and oxygen atoms in total. The van der Waals surface area contributed by atoms with Crippen molar-refractivity contribution in [3.63, 3.8) is 0 Å². The fraction of sp³-hybridized carbons (Fsp3) is 0.222. The molecule has 0 unspecified atom stereocenters. The summed E-state index contributed by atoms with van der Waals surface area (Å²) in [5, 5.41) is 3.54. The van der Waals surface area contributed by atoms with Gasteiger partial charge in [-0.1, -0.05) is 18.2 Å². The fourth-order valence-electron chi connectivity index (χ4n) is 2.46. The van der Waals surface area contributed by atoms with Crippen molar-refractivity contribution in [1.29, 1.82) is 0 Å². The minimum atomic E-state index is -0.662. The third kappa shape index (κ3) is 3.17. The molecule has 0 aliphatic carbocycles. The van der Waals surface area contributed by atoms with E-state index in [9.17, 15) is 9.59 Å². The molecule has 0 bridgehead atoms. The minimum Gasteiger partial charge on any atom is -0.467 e. The molecular weight excluding hydrogens is 310 g/mol. The number of carbonyl (C=O) groups excluding carboxylic acids is 2. The van der Waals surface area contributed by atoms with E-state index in [0.29, 0.717) is 16.9 Å². The van der Waals surface area contributed by atoms with Crippen molar-refractivity contribution in [2.75, 3.05) is 6.61 Å². The predicted octanol–water partition coefficient (Wildman–Crippen LogP) is 3.37. The zero-order valence-electron chi connectivity index (χ0n) is 13.4. The monoisotopic (exact) mass is 327 g/mol. The van der Waals surface area contributed by atoms with Gasteiger partial charge in [-0.05, 0) is 32.0 Å². The second-order valence-corrected chi connectivity index (χ2v) is 5.43. The highest BCUT2D eigenvalue weighted by Crippen LogP contribution is 2.25. The van der Waals surface area contributed by atoms with Gasteiger partial charge in [-0.3, -0.25) is 4.79 Å². The first-order valence-electron chi connectivity index (χ1n) is 7.54. The first-order chi connectivity index (χ1) is 11.6. The van der Waals surface area contributed by atoms with Crippen molar-refractivity contribution < 1.29 is 23.2 Å². The summed E-state index contributed by atoms with van der Waals surface area (Å²) >= 11 is 0. The summed E-state index contributed by atoms with van der Waals surface area (Å²) in [6.45, 7) is 3.17. The normalized spacial score (nSPS) is 12.1. The van der Waals surface area contributed by atoms with Crippen LogP contribution in [-0.2, 0) is 9.53 Å². The van der Waals surface area contributed by atoms with Gasteiger partial charge in [-0.15, -0.1) is 0 Å². The molecule has 3 rings (SSSR count). The van der Waals surface area contributed by atoms with Crippen molar-refractivity contribution in [3.8, 4) is 0 Å². The summed E-state index contributed by atoms with van der Waals surface area (Å²) in [4.78, 5) is 24.0. The molecule has 124 valence electrons. The molecule has 0 aliphatic rings. The molecule has 1 aromatic carbocycles. The molecule has 6 heteroatoms. The maximum absolute atomic E-state index is 12.1. The summed E-state index contributed by atoms with van der Waals surface area (Å²) < 4.78 is 15.8. The molecule has 1 atom stereocenters. The molecule has 2 aromatic heterocycles. The summed E-state index contributed by atoms with van der Waals surface area (Å²) in [7, 11) is 0. The second kappa shape index (κ2) is 6.62. The van der Waals surface area contributed by atoms with Gasteiger partial charge in [0.15, 0.2) is 6.61 Å². The molecule has 24 heavy (non-hydrogen) atoms. The van der Waals surface area contributed by atoms with Gasteiger partial charge < -0.3 is 18.9 Å². The van der Waals surface area contributed by atoms with E-state index < -0.39 is 11.9 Å². The number of hydrogen-bond acceptors (Lipinski definition) is 5. The number of amides is 1. The summed E-state index contributed by atoms with van der Waals surface area (Å²) in [5.41, 5.74) is 1.30. The van der Waals surface area contributed by atoms with Crippen LogP contribution in [0.1, 0.15) is 34.8 Å². The van der Waals surface area contributed by atoms with E-state index in [-0.39, 0.29) is 18.4 Å². The van der Waals surface area contributed by atoms with Crippen molar-refractivity contribution in [2.24, 2.45) is 0 Å². The van der Waals surface area contributed by atoms with E-state index in [1.54, 1.807) is 32.0 Å². The molecule has 3 aromatic rings. The Morgan fingerprint density at radius 3 is 2.71 bits per heavy atom. The van der Waals surface area contributed by atoms with Gasteiger partial charge in [0, 0.05) is 10.9 Å². The maximum Gasteiger partial charge on any atom is 0.375 e. The van der Waals surface area contributed by atoms with Crippen LogP contribution in [0.3, 0.4) is 0 Å². The molecule has 0 aliphatic heterocycles. The SMILES string of the molecule is Cc1c(C(=O)OCC(=O)N[C@H](C)c2ccco2)oc2ccccc12. The van der Waals surface area contributed by atoms with Crippen LogP contribution >= 0.6 is 0 Å². The van der Waals surface area contributed by atoms with E-state index in [2.05, 4.69) is 5.32 Å². The lowest BCUT2D eigenvalue weighted by Gasteiger charge is -2.11. The highest BCUT2D eigenvalue weighted by molar-refractivity contribution is 5.96. The molecule has 2 heterocycles. The lowest BCUT2D eigenvalue weighted by atomic mass is 10.1. The topological polar surface area (TPSA) is 81.7 Å². The number of benzene rings is 1. The van der Waals surface area contributed by atoms with E-state index in [1.165, 1.54) is 6.26 Å². The molecule has 0 radical (unpaired) electrons. The van der Waals surface area contributed by atoms with Crippen LogP contribution in [0.5, 0.6) is 0 Å². The maximum atomic E-state index is 12.1. The average Bonchev–Trinajstić information content (AvgIpc) is 3.21. The molecule has 0 spiro atoms. The lowest BCUT2D eigenvalue weighted by molar-refractivity contribution is -0.125. The second-order valence-electron chi connectivity index (χ2n) is 5.43. The minimum absolute atomic E-state index is 0.114. The Morgan fingerprint density at radius 1 is 1.21 bits per heavy atom. The van der Waals surface area contributed by atoms with Gasteiger partial charge in [0.25, 0.3) is 5.91 Å². The van der Waals surface area contributed by atoms with Crippen molar-refractivity contribution in [1.82, 2.24) is 5.32 Å². The van der Waals surface area contributed by atoms with Crippen LogP contribution < -0.4 is 5.32 Å². The summed E-state index contributed by atoms with van der Waals surface area (Å²) in [5.74, 6) is -0.337. The molecule has 1 N–H and O–H groups in total. The van der Waals surface area contributed by atoms with Gasteiger partial charge >= 0.3 is 5.97 Å².